The summed E-state index contributed by atoms with van der Waals surface area (Å²) in [6.07, 6.45) is 5.24. The number of halogens is 2. The van der Waals surface area contributed by atoms with E-state index in [9.17, 15) is 4.79 Å². The van der Waals surface area contributed by atoms with Crippen LogP contribution in [0, 0.1) is 0 Å². The van der Waals surface area contributed by atoms with Gasteiger partial charge in [-0.2, -0.15) is 0 Å². The van der Waals surface area contributed by atoms with Gasteiger partial charge in [-0.15, -0.1) is 0 Å². The highest BCUT2D eigenvalue weighted by atomic mass is 35.5. The molecule has 1 amide bonds. The van der Waals surface area contributed by atoms with E-state index in [4.69, 9.17) is 32.7 Å². The Morgan fingerprint density at radius 3 is 2.42 bits per heavy atom. The summed E-state index contributed by atoms with van der Waals surface area (Å²) in [4.78, 5) is 17.8. The lowest BCUT2D eigenvalue weighted by Crippen LogP contribution is -2.42. The summed E-state index contributed by atoms with van der Waals surface area (Å²) in [5, 5.41) is 0.951. The van der Waals surface area contributed by atoms with Crippen molar-refractivity contribution in [3.63, 3.8) is 0 Å². The second kappa shape index (κ2) is 10.1. The van der Waals surface area contributed by atoms with Crippen molar-refractivity contribution < 1.29 is 14.3 Å². The topological polar surface area (TPSA) is 42.0 Å². The molecule has 2 aliphatic heterocycles. The highest BCUT2D eigenvalue weighted by molar-refractivity contribution is 6.42. The molecule has 7 heteroatoms. The lowest BCUT2D eigenvalue weighted by atomic mass is 9.81. The summed E-state index contributed by atoms with van der Waals surface area (Å²) in [6.45, 7) is 6.83. The fraction of sp³-hybridized carbons (Fsp3) is 0.500. The number of piperidine rings is 1. The van der Waals surface area contributed by atoms with E-state index in [2.05, 4.69) is 11.8 Å². The Labute approximate surface area is 206 Å². The molecule has 5 nitrogen and oxygen atoms in total. The number of hydrogen-bond acceptors (Lipinski definition) is 4. The number of ether oxygens (including phenoxy) is 2. The molecule has 2 saturated heterocycles. The van der Waals surface area contributed by atoms with Gasteiger partial charge in [0.1, 0.15) is 0 Å². The van der Waals surface area contributed by atoms with E-state index in [1.807, 2.05) is 36.1 Å². The Bertz CT molecular complexity index is 1010. The number of methoxy groups -OCH3 is 1. The first-order chi connectivity index (χ1) is 15.9. The average molecular weight is 491 g/mol. The number of nitrogens with zero attached hydrogens (tertiary/aromatic N) is 2. The molecule has 0 saturated carbocycles. The Hall–Kier alpha value is -1.95. The molecule has 178 valence electrons. The molecule has 0 spiro atoms. The number of carbonyl (C=O) groups is 1. The minimum Gasteiger partial charge on any atom is -0.493 e. The van der Waals surface area contributed by atoms with Gasteiger partial charge >= 0.3 is 0 Å². The lowest BCUT2D eigenvalue weighted by molar-refractivity contribution is -0.121. The first-order valence-corrected chi connectivity index (χ1v) is 12.5. The highest BCUT2D eigenvalue weighted by Gasteiger charge is 2.45. The quantitative estimate of drug-likeness (QED) is 0.456. The average Bonchev–Trinajstić information content (AvgIpc) is 3.15. The Kier molecular flexibility index (Phi) is 7.42. The van der Waals surface area contributed by atoms with Gasteiger partial charge in [-0.1, -0.05) is 42.6 Å². The SMILES string of the molecule is CCC(Oc1cc(N2CCC(C)(c3ccc(Cl)c(Cl)c3)C2=O)ccc1OC)N1CCCCC1. The number of likely N-dealkylation sites (tertiary alicyclic amines) is 1. The molecule has 0 aromatic heterocycles. The monoisotopic (exact) mass is 490 g/mol. The molecule has 2 aromatic carbocycles. The van der Waals surface area contributed by atoms with Crippen molar-refractivity contribution in [2.75, 3.05) is 31.6 Å². The van der Waals surface area contributed by atoms with Crippen LogP contribution in [0.15, 0.2) is 36.4 Å². The second-order valence-corrected chi connectivity index (χ2v) is 9.89. The van der Waals surface area contributed by atoms with Gasteiger partial charge in [0.15, 0.2) is 17.7 Å². The maximum absolute atomic E-state index is 13.6. The second-order valence-electron chi connectivity index (χ2n) is 9.08. The molecule has 0 radical (unpaired) electrons. The van der Waals surface area contributed by atoms with Crippen LogP contribution in [0.4, 0.5) is 5.69 Å². The molecule has 0 N–H and O–H groups in total. The van der Waals surface area contributed by atoms with Gasteiger partial charge in [-0.05, 0) is 62.4 Å². The van der Waals surface area contributed by atoms with Crippen molar-refractivity contribution in [2.45, 2.75) is 57.6 Å². The largest absolute Gasteiger partial charge is 0.493 e. The van der Waals surface area contributed by atoms with Crippen LogP contribution in [0.5, 0.6) is 11.5 Å². The first kappa shape index (κ1) is 24.2. The van der Waals surface area contributed by atoms with Crippen molar-refractivity contribution in [2.24, 2.45) is 0 Å². The molecule has 2 fully saturated rings. The molecular formula is C26H32Cl2N2O3. The van der Waals surface area contributed by atoms with Crippen molar-refractivity contribution in [1.82, 2.24) is 4.90 Å². The molecular weight excluding hydrogens is 459 g/mol. The summed E-state index contributed by atoms with van der Waals surface area (Å²) in [5.74, 6) is 1.39. The molecule has 2 aromatic rings. The van der Waals surface area contributed by atoms with E-state index in [1.54, 1.807) is 19.2 Å². The number of rotatable bonds is 7. The van der Waals surface area contributed by atoms with Gasteiger partial charge in [-0.25, -0.2) is 0 Å². The van der Waals surface area contributed by atoms with Crippen LogP contribution in [-0.4, -0.2) is 43.8 Å². The van der Waals surface area contributed by atoms with E-state index in [1.165, 1.54) is 19.3 Å². The van der Waals surface area contributed by atoms with Crippen LogP contribution in [0.1, 0.15) is 51.5 Å². The minimum atomic E-state index is -0.658. The van der Waals surface area contributed by atoms with Crippen LogP contribution in [0.2, 0.25) is 10.0 Å². The fourth-order valence-electron chi connectivity index (χ4n) is 4.89. The third kappa shape index (κ3) is 4.82. The Balaban J connectivity index is 1.59. The maximum Gasteiger partial charge on any atom is 0.237 e. The number of amides is 1. The van der Waals surface area contributed by atoms with Gasteiger partial charge in [0, 0.05) is 31.4 Å². The van der Waals surface area contributed by atoms with E-state index >= 15 is 0 Å². The van der Waals surface area contributed by atoms with Crippen LogP contribution in [0.25, 0.3) is 0 Å². The van der Waals surface area contributed by atoms with E-state index in [0.717, 1.165) is 30.8 Å². The minimum absolute atomic E-state index is 0.00907. The van der Waals surface area contributed by atoms with E-state index < -0.39 is 5.41 Å². The highest BCUT2D eigenvalue weighted by Crippen LogP contribution is 2.42. The van der Waals surface area contributed by atoms with Crippen LogP contribution >= 0.6 is 23.2 Å². The van der Waals surface area contributed by atoms with Crippen molar-refractivity contribution in [3.05, 3.63) is 52.0 Å². The zero-order valence-corrected chi connectivity index (χ0v) is 21.1. The molecule has 2 unspecified atom stereocenters. The molecule has 2 atom stereocenters. The van der Waals surface area contributed by atoms with Gasteiger partial charge in [-0.3, -0.25) is 9.69 Å². The zero-order chi connectivity index (χ0) is 23.6. The first-order valence-electron chi connectivity index (χ1n) is 11.7. The van der Waals surface area contributed by atoms with Crippen molar-refractivity contribution in [1.29, 1.82) is 0 Å². The Morgan fingerprint density at radius 2 is 1.76 bits per heavy atom. The van der Waals surface area contributed by atoms with Gasteiger partial charge < -0.3 is 14.4 Å². The fourth-order valence-corrected chi connectivity index (χ4v) is 5.19. The smallest absolute Gasteiger partial charge is 0.237 e. The summed E-state index contributed by atoms with van der Waals surface area (Å²) < 4.78 is 12.0. The van der Waals surface area contributed by atoms with E-state index in [0.29, 0.717) is 34.5 Å². The Morgan fingerprint density at radius 1 is 1.00 bits per heavy atom. The predicted octanol–water partition coefficient (Wildman–Crippen LogP) is 6.30. The molecule has 0 bridgehead atoms. The number of hydrogen-bond donors (Lipinski definition) is 0. The third-order valence-electron chi connectivity index (χ3n) is 6.98. The standard InChI is InChI=1S/C26H32Cl2N2O3/c1-4-24(29-13-6-5-7-14-29)33-23-17-19(9-11-22(23)32-3)30-15-12-26(2,25(30)31)18-8-10-20(27)21(28)16-18/h8-11,16-17,24H,4-7,12-15H2,1-3H3. The van der Waals surface area contributed by atoms with Gasteiger partial charge in [0.2, 0.25) is 5.91 Å². The van der Waals surface area contributed by atoms with Crippen molar-refractivity contribution >= 4 is 34.8 Å². The molecule has 33 heavy (non-hydrogen) atoms. The third-order valence-corrected chi connectivity index (χ3v) is 7.72. The summed E-state index contributed by atoms with van der Waals surface area (Å²) in [7, 11) is 1.64. The van der Waals surface area contributed by atoms with Crippen LogP contribution in [-0.2, 0) is 10.2 Å². The maximum atomic E-state index is 13.6. The predicted molar refractivity (Wildman–Crippen MR) is 134 cm³/mol. The van der Waals surface area contributed by atoms with Crippen molar-refractivity contribution in [3.8, 4) is 11.5 Å². The van der Waals surface area contributed by atoms with Gasteiger partial charge in [0.05, 0.1) is 22.6 Å². The number of benzene rings is 2. The molecule has 4 rings (SSSR count). The number of anilines is 1. The molecule has 2 heterocycles. The summed E-state index contributed by atoms with van der Waals surface area (Å²) in [5.41, 5.74) is 1.04. The molecule has 2 aliphatic rings. The van der Waals surface area contributed by atoms with E-state index in [-0.39, 0.29) is 12.1 Å². The summed E-state index contributed by atoms with van der Waals surface area (Å²) in [6, 6.07) is 11.2. The summed E-state index contributed by atoms with van der Waals surface area (Å²) >= 11 is 12.3. The lowest BCUT2D eigenvalue weighted by Gasteiger charge is -2.34. The normalized spacial score (nSPS) is 22.5. The molecule has 0 aliphatic carbocycles. The van der Waals surface area contributed by atoms with Gasteiger partial charge in [0.25, 0.3) is 0 Å². The number of carbonyl (C=O) groups excluding carboxylic acids is 1. The zero-order valence-electron chi connectivity index (χ0n) is 19.6. The van der Waals surface area contributed by atoms with Crippen LogP contribution in [0.3, 0.4) is 0 Å². The van der Waals surface area contributed by atoms with Crippen LogP contribution < -0.4 is 14.4 Å².